The molecule has 1 amide bonds. The number of aromatic nitrogens is 3. The van der Waals surface area contributed by atoms with Gasteiger partial charge < -0.3 is 5.32 Å². The smallest absolute Gasteiger partial charge is 0.236 e. The predicted octanol–water partition coefficient (Wildman–Crippen LogP) is 4.25. The molecule has 2 heterocycles. The molecule has 3 aromatic rings. The first-order valence-electron chi connectivity index (χ1n) is 9.68. The van der Waals surface area contributed by atoms with E-state index in [0.717, 1.165) is 24.8 Å². The number of nitrogens with one attached hydrogen (secondary N) is 1. The van der Waals surface area contributed by atoms with Crippen molar-refractivity contribution in [3.05, 3.63) is 72.4 Å². The van der Waals surface area contributed by atoms with Crippen molar-refractivity contribution in [1.29, 1.82) is 0 Å². The SMILES string of the molecule is O=C(Nc1ccn(-c2ccnc(F)c2)n1)[C@]1(c2ccccc2)CC12CCCC2. The lowest BCUT2D eigenvalue weighted by Crippen LogP contribution is -2.33. The summed E-state index contributed by atoms with van der Waals surface area (Å²) in [5.74, 6) is -0.0906. The molecule has 1 spiro atoms. The quantitative estimate of drug-likeness (QED) is 0.693. The van der Waals surface area contributed by atoms with Crippen molar-refractivity contribution in [2.45, 2.75) is 37.5 Å². The van der Waals surface area contributed by atoms with E-state index in [4.69, 9.17) is 0 Å². The lowest BCUT2D eigenvalue weighted by atomic mass is 9.84. The van der Waals surface area contributed by atoms with Crippen molar-refractivity contribution in [2.75, 3.05) is 5.32 Å². The molecule has 2 aromatic heterocycles. The van der Waals surface area contributed by atoms with E-state index in [1.807, 2.05) is 18.2 Å². The van der Waals surface area contributed by atoms with Gasteiger partial charge in [-0.25, -0.2) is 9.67 Å². The van der Waals surface area contributed by atoms with E-state index < -0.39 is 11.4 Å². The molecule has 5 nitrogen and oxygen atoms in total. The Kier molecular flexibility index (Phi) is 3.82. The highest BCUT2D eigenvalue weighted by Gasteiger charge is 2.72. The van der Waals surface area contributed by atoms with Crippen LogP contribution in [0.5, 0.6) is 0 Å². The lowest BCUT2D eigenvalue weighted by Gasteiger charge is -2.22. The molecule has 0 unspecified atom stereocenters. The Morgan fingerprint density at radius 2 is 1.89 bits per heavy atom. The molecule has 0 bridgehead atoms. The number of hydrogen-bond donors (Lipinski definition) is 1. The van der Waals surface area contributed by atoms with E-state index >= 15 is 0 Å². The molecular formula is C22H21FN4O. The van der Waals surface area contributed by atoms with Crippen LogP contribution in [0.25, 0.3) is 5.69 Å². The first-order chi connectivity index (χ1) is 13.6. The standard InChI is InChI=1S/C22H21FN4O/c23-18-14-17(8-12-24-18)27-13-9-19(26-27)25-20(28)22(16-6-2-1-3-7-16)15-21(22)10-4-5-11-21/h1-3,6-9,12-14H,4-5,10-11,15H2,(H,25,26,28)/t22-/m1/s1. The number of anilines is 1. The minimum Gasteiger partial charge on any atom is -0.308 e. The average Bonchev–Trinajstić information content (AvgIpc) is 3.02. The number of carbonyl (C=O) groups excluding carboxylic acids is 1. The molecule has 2 aliphatic rings. The van der Waals surface area contributed by atoms with Crippen LogP contribution in [0.15, 0.2) is 60.9 Å². The number of pyridine rings is 1. The van der Waals surface area contributed by atoms with Gasteiger partial charge in [-0.3, -0.25) is 4.79 Å². The molecule has 0 saturated heterocycles. The maximum absolute atomic E-state index is 13.4. The van der Waals surface area contributed by atoms with E-state index in [0.29, 0.717) is 11.5 Å². The van der Waals surface area contributed by atoms with Crippen LogP contribution in [0.2, 0.25) is 0 Å². The third-order valence-corrected chi connectivity index (χ3v) is 6.40. The second-order valence-electron chi connectivity index (χ2n) is 7.87. The maximum Gasteiger partial charge on any atom is 0.236 e. The Balaban J connectivity index is 1.43. The van der Waals surface area contributed by atoms with Crippen LogP contribution in [-0.2, 0) is 10.2 Å². The van der Waals surface area contributed by atoms with Gasteiger partial charge >= 0.3 is 0 Å². The Hall–Kier alpha value is -3.02. The zero-order chi connectivity index (χ0) is 19.2. The summed E-state index contributed by atoms with van der Waals surface area (Å²) in [5, 5.41) is 7.42. The van der Waals surface area contributed by atoms with Gasteiger partial charge in [-0.05, 0) is 36.3 Å². The van der Waals surface area contributed by atoms with Gasteiger partial charge in [0, 0.05) is 24.5 Å². The summed E-state index contributed by atoms with van der Waals surface area (Å²) in [5.41, 5.74) is 1.25. The summed E-state index contributed by atoms with van der Waals surface area (Å²) < 4.78 is 14.9. The van der Waals surface area contributed by atoms with Gasteiger partial charge in [-0.15, -0.1) is 0 Å². The molecule has 28 heavy (non-hydrogen) atoms. The van der Waals surface area contributed by atoms with E-state index in [1.54, 1.807) is 18.3 Å². The molecule has 2 fully saturated rings. The second-order valence-corrected chi connectivity index (χ2v) is 7.87. The third-order valence-electron chi connectivity index (χ3n) is 6.40. The van der Waals surface area contributed by atoms with Crippen molar-refractivity contribution in [3.63, 3.8) is 0 Å². The Morgan fingerprint density at radius 1 is 1.11 bits per heavy atom. The molecule has 142 valence electrons. The fourth-order valence-corrected chi connectivity index (χ4v) is 4.99. The Morgan fingerprint density at radius 3 is 2.64 bits per heavy atom. The van der Waals surface area contributed by atoms with Crippen molar-refractivity contribution in [3.8, 4) is 5.69 Å². The summed E-state index contributed by atoms with van der Waals surface area (Å²) in [6.45, 7) is 0. The molecule has 0 aliphatic heterocycles. The van der Waals surface area contributed by atoms with Crippen molar-refractivity contribution < 1.29 is 9.18 Å². The maximum atomic E-state index is 13.4. The Bertz CT molecular complexity index is 1030. The van der Waals surface area contributed by atoms with Gasteiger partial charge in [0.05, 0.1) is 11.1 Å². The first-order valence-corrected chi connectivity index (χ1v) is 9.68. The van der Waals surface area contributed by atoms with Gasteiger partial charge in [-0.2, -0.15) is 9.49 Å². The number of rotatable bonds is 4. The summed E-state index contributed by atoms with van der Waals surface area (Å²) in [4.78, 5) is 17.0. The summed E-state index contributed by atoms with van der Waals surface area (Å²) in [6, 6.07) is 14.8. The molecule has 5 rings (SSSR count). The highest BCUT2D eigenvalue weighted by Crippen LogP contribution is 2.72. The van der Waals surface area contributed by atoms with Gasteiger partial charge in [0.15, 0.2) is 5.82 Å². The minimum absolute atomic E-state index is 0.00626. The van der Waals surface area contributed by atoms with Crippen LogP contribution in [0.1, 0.15) is 37.7 Å². The molecule has 0 radical (unpaired) electrons. The van der Waals surface area contributed by atoms with Crippen molar-refractivity contribution >= 4 is 11.7 Å². The minimum atomic E-state index is -0.567. The number of nitrogens with zero attached hydrogens (tertiary/aromatic N) is 3. The molecule has 2 saturated carbocycles. The predicted molar refractivity (Wildman–Crippen MR) is 104 cm³/mol. The van der Waals surface area contributed by atoms with Gasteiger partial charge in [0.2, 0.25) is 11.9 Å². The topological polar surface area (TPSA) is 59.8 Å². The molecule has 6 heteroatoms. The van der Waals surface area contributed by atoms with Crippen LogP contribution in [-0.4, -0.2) is 20.7 Å². The van der Waals surface area contributed by atoms with Gasteiger partial charge in [0.1, 0.15) is 0 Å². The van der Waals surface area contributed by atoms with Crippen LogP contribution < -0.4 is 5.32 Å². The first kappa shape index (κ1) is 17.1. The fraction of sp³-hybridized carbons (Fsp3) is 0.318. The molecule has 1 aromatic carbocycles. The van der Waals surface area contributed by atoms with Crippen molar-refractivity contribution in [1.82, 2.24) is 14.8 Å². The van der Waals surface area contributed by atoms with Crippen LogP contribution >= 0.6 is 0 Å². The van der Waals surface area contributed by atoms with Crippen LogP contribution in [0.4, 0.5) is 10.2 Å². The summed E-state index contributed by atoms with van der Waals surface area (Å²) >= 11 is 0. The third kappa shape index (κ3) is 2.55. The monoisotopic (exact) mass is 376 g/mol. The van der Waals surface area contributed by atoms with Gasteiger partial charge in [-0.1, -0.05) is 43.2 Å². The van der Waals surface area contributed by atoms with E-state index in [1.165, 1.54) is 29.8 Å². The molecule has 1 N–H and O–H groups in total. The fourth-order valence-electron chi connectivity index (χ4n) is 4.99. The highest BCUT2D eigenvalue weighted by molar-refractivity contribution is 6.02. The number of amides is 1. The molecular weight excluding hydrogens is 355 g/mol. The zero-order valence-electron chi connectivity index (χ0n) is 15.4. The van der Waals surface area contributed by atoms with Crippen LogP contribution in [0, 0.1) is 11.4 Å². The molecule has 2 aliphatic carbocycles. The number of benzene rings is 1. The highest BCUT2D eigenvalue weighted by atomic mass is 19.1. The number of carbonyl (C=O) groups is 1. The van der Waals surface area contributed by atoms with E-state index in [9.17, 15) is 9.18 Å². The van der Waals surface area contributed by atoms with E-state index in [-0.39, 0.29) is 11.3 Å². The van der Waals surface area contributed by atoms with E-state index in [2.05, 4.69) is 27.5 Å². The molecule has 1 atom stereocenters. The number of halogens is 1. The summed E-state index contributed by atoms with van der Waals surface area (Å²) in [6.07, 6.45) is 8.56. The summed E-state index contributed by atoms with van der Waals surface area (Å²) in [7, 11) is 0. The second kappa shape index (κ2) is 6.26. The van der Waals surface area contributed by atoms with Gasteiger partial charge in [0.25, 0.3) is 0 Å². The average molecular weight is 376 g/mol. The largest absolute Gasteiger partial charge is 0.308 e. The van der Waals surface area contributed by atoms with Crippen molar-refractivity contribution in [2.24, 2.45) is 5.41 Å². The Labute approximate surface area is 162 Å². The van der Waals surface area contributed by atoms with Crippen LogP contribution in [0.3, 0.4) is 0 Å². The normalized spacial score (nSPS) is 22.3. The lowest BCUT2D eigenvalue weighted by molar-refractivity contribution is -0.119. The zero-order valence-corrected chi connectivity index (χ0v) is 15.4. The number of hydrogen-bond acceptors (Lipinski definition) is 3.